The number of hydrogen-bond acceptors (Lipinski definition) is 7. The fourth-order valence-electron chi connectivity index (χ4n) is 2.21. The van der Waals surface area contributed by atoms with Crippen LogP contribution in [-0.2, 0) is 17.1 Å². The normalized spacial score (nSPS) is 11.5. The van der Waals surface area contributed by atoms with E-state index in [1.165, 1.54) is 23.9 Å². The summed E-state index contributed by atoms with van der Waals surface area (Å²) in [5.74, 6) is 2.02. The Hall–Kier alpha value is -2.43. The smallest absolute Gasteiger partial charge is 0.238 e. The topological polar surface area (TPSA) is 113 Å². The van der Waals surface area contributed by atoms with Gasteiger partial charge >= 0.3 is 0 Å². The van der Waals surface area contributed by atoms with Crippen LogP contribution in [-0.4, -0.2) is 40.5 Å². The van der Waals surface area contributed by atoms with E-state index in [2.05, 4.69) is 15.2 Å². The molecule has 1 aromatic carbocycles. The number of benzene rings is 1. The molecule has 3 aromatic rings. The van der Waals surface area contributed by atoms with Gasteiger partial charge in [-0.15, -0.1) is 10.2 Å². The zero-order valence-corrected chi connectivity index (χ0v) is 15.6. The van der Waals surface area contributed by atoms with E-state index in [1.807, 2.05) is 23.7 Å². The highest BCUT2D eigenvalue weighted by molar-refractivity contribution is 7.99. The first kappa shape index (κ1) is 18.4. The van der Waals surface area contributed by atoms with Crippen LogP contribution >= 0.6 is 11.8 Å². The van der Waals surface area contributed by atoms with Crippen LogP contribution in [0.25, 0.3) is 11.4 Å². The van der Waals surface area contributed by atoms with Crippen LogP contribution < -0.4 is 9.88 Å². The average molecular weight is 391 g/mol. The Morgan fingerprint density at radius 1 is 1.12 bits per heavy atom. The number of sulfonamides is 1. The second-order valence-electron chi connectivity index (χ2n) is 5.31. The lowest BCUT2D eigenvalue weighted by Gasteiger charge is -2.07. The molecule has 0 atom stereocenters. The van der Waals surface area contributed by atoms with Crippen molar-refractivity contribution in [3.05, 3.63) is 48.8 Å². The van der Waals surface area contributed by atoms with E-state index in [0.717, 1.165) is 16.5 Å². The summed E-state index contributed by atoms with van der Waals surface area (Å²) >= 11 is 1.52. The van der Waals surface area contributed by atoms with Crippen LogP contribution in [0.5, 0.6) is 5.75 Å². The summed E-state index contributed by atoms with van der Waals surface area (Å²) in [5.41, 5.74) is 0.952. The number of primary sulfonamides is 1. The standard InChI is InChI=1S/C16H17N5O3S2/c1-21-15(12-6-8-18-9-7-12)19-20-16(21)25-11-10-24-13-2-4-14(5-3-13)26(17,22)23/h2-9H,10-11H2,1H3,(H2,17,22,23). The van der Waals surface area contributed by atoms with Crippen LogP contribution in [0, 0.1) is 0 Å². The first-order valence-corrected chi connectivity index (χ1v) is 10.2. The van der Waals surface area contributed by atoms with E-state index in [0.29, 0.717) is 18.1 Å². The van der Waals surface area contributed by atoms with Crippen LogP contribution in [0.4, 0.5) is 0 Å². The van der Waals surface area contributed by atoms with Gasteiger partial charge in [0.25, 0.3) is 0 Å². The molecule has 136 valence electrons. The Kier molecular flexibility index (Phi) is 5.55. The molecule has 0 radical (unpaired) electrons. The van der Waals surface area contributed by atoms with Crippen LogP contribution in [0.3, 0.4) is 0 Å². The van der Waals surface area contributed by atoms with Gasteiger partial charge in [0, 0.05) is 30.8 Å². The lowest BCUT2D eigenvalue weighted by Crippen LogP contribution is -2.11. The SMILES string of the molecule is Cn1c(SCCOc2ccc(S(N)(=O)=O)cc2)nnc1-c1ccncc1. The summed E-state index contributed by atoms with van der Waals surface area (Å²) in [6.45, 7) is 0.441. The zero-order valence-electron chi connectivity index (χ0n) is 13.9. The van der Waals surface area contributed by atoms with Gasteiger partial charge in [-0.2, -0.15) is 0 Å². The molecule has 0 aliphatic rings. The van der Waals surface area contributed by atoms with Gasteiger partial charge in [-0.25, -0.2) is 13.6 Å². The summed E-state index contributed by atoms with van der Waals surface area (Å²) < 4.78 is 29.9. The Balaban J connectivity index is 1.54. The minimum Gasteiger partial charge on any atom is -0.493 e. The molecule has 0 aliphatic heterocycles. The van der Waals surface area contributed by atoms with Crippen LogP contribution in [0.15, 0.2) is 58.8 Å². The van der Waals surface area contributed by atoms with Crippen LogP contribution in [0.2, 0.25) is 0 Å². The minimum absolute atomic E-state index is 0.0574. The van der Waals surface area contributed by atoms with E-state index < -0.39 is 10.0 Å². The molecule has 3 rings (SSSR count). The molecule has 10 heteroatoms. The van der Waals surface area contributed by atoms with Crippen molar-refractivity contribution in [2.75, 3.05) is 12.4 Å². The van der Waals surface area contributed by atoms with E-state index in [9.17, 15) is 8.42 Å². The van der Waals surface area contributed by atoms with Gasteiger partial charge in [0.2, 0.25) is 10.0 Å². The molecule has 26 heavy (non-hydrogen) atoms. The number of aromatic nitrogens is 4. The minimum atomic E-state index is -3.69. The highest BCUT2D eigenvalue weighted by atomic mass is 32.2. The molecule has 0 bridgehead atoms. The molecule has 2 N–H and O–H groups in total. The van der Waals surface area contributed by atoms with Crippen molar-refractivity contribution in [3.8, 4) is 17.1 Å². The number of nitrogens with two attached hydrogens (primary N) is 1. The Morgan fingerprint density at radius 3 is 2.46 bits per heavy atom. The highest BCUT2D eigenvalue weighted by Crippen LogP contribution is 2.22. The molecule has 8 nitrogen and oxygen atoms in total. The summed E-state index contributed by atoms with van der Waals surface area (Å²) in [5, 5.41) is 14.2. The van der Waals surface area contributed by atoms with E-state index in [-0.39, 0.29) is 4.90 Å². The third kappa shape index (κ3) is 4.40. The van der Waals surface area contributed by atoms with Gasteiger partial charge in [-0.3, -0.25) is 4.98 Å². The lowest BCUT2D eigenvalue weighted by molar-refractivity contribution is 0.343. The van der Waals surface area contributed by atoms with Crippen molar-refractivity contribution in [2.24, 2.45) is 12.2 Å². The first-order valence-electron chi connectivity index (χ1n) is 7.63. The maximum Gasteiger partial charge on any atom is 0.238 e. The van der Waals surface area contributed by atoms with E-state index >= 15 is 0 Å². The predicted octanol–water partition coefficient (Wildman–Crippen LogP) is 1.70. The fraction of sp³-hybridized carbons (Fsp3) is 0.188. The summed E-state index contributed by atoms with van der Waals surface area (Å²) in [6, 6.07) is 9.76. The summed E-state index contributed by atoms with van der Waals surface area (Å²) in [4.78, 5) is 4.05. The second kappa shape index (κ2) is 7.85. The molecular formula is C16H17N5O3S2. The van der Waals surface area contributed by atoms with Gasteiger partial charge < -0.3 is 9.30 Å². The second-order valence-corrected chi connectivity index (χ2v) is 7.94. The van der Waals surface area contributed by atoms with Gasteiger partial charge in [0.15, 0.2) is 11.0 Å². The van der Waals surface area contributed by atoms with Crippen molar-refractivity contribution in [2.45, 2.75) is 10.1 Å². The van der Waals surface area contributed by atoms with Gasteiger partial charge in [0.05, 0.1) is 11.5 Å². The third-order valence-electron chi connectivity index (χ3n) is 3.51. The molecule has 0 aliphatic carbocycles. The number of ether oxygens (including phenoxy) is 1. The molecule has 0 saturated heterocycles. The molecule has 0 spiro atoms. The summed E-state index contributed by atoms with van der Waals surface area (Å²) in [7, 11) is -1.78. The monoisotopic (exact) mass is 391 g/mol. The third-order valence-corrected chi connectivity index (χ3v) is 5.42. The Labute approximate surface area is 155 Å². The molecular weight excluding hydrogens is 374 g/mol. The van der Waals surface area contributed by atoms with Gasteiger partial charge in [-0.05, 0) is 36.4 Å². The maximum absolute atomic E-state index is 11.2. The maximum atomic E-state index is 11.2. The number of thioether (sulfide) groups is 1. The molecule has 0 amide bonds. The first-order chi connectivity index (χ1) is 12.4. The van der Waals surface area contributed by atoms with Crippen molar-refractivity contribution in [1.29, 1.82) is 0 Å². The molecule has 0 saturated carbocycles. The Morgan fingerprint density at radius 2 is 1.81 bits per heavy atom. The quantitative estimate of drug-likeness (QED) is 0.482. The Bertz CT molecular complexity index is 973. The number of hydrogen-bond donors (Lipinski definition) is 1. The fourth-order valence-corrected chi connectivity index (χ4v) is 3.45. The highest BCUT2D eigenvalue weighted by Gasteiger charge is 2.11. The zero-order chi connectivity index (χ0) is 18.6. The predicted molar refractivity (Wildman–Crippen MR) is 98.3 cm³/mol. The average Bonchev–Trinajstić information content (AvgIpc) is 3.00. The number of pyridine rings is 1. The van der Waals surface area contributed by atoms with Crippen molar-refractivity contribution in [1.82, 2.24) is 19.7 Å². The number of nitrogens with zero attached hydrogens (tertiary/aromatic N) is 4. The van der Waals surface area contributed by atoms with Gasteiger partial charge in [-0.1, -0.05) is 11.8 Å². The molecule has 2 heterocycles. The van der Waals surface area contributed by atoms with Crippen LogP contribution in [0.1, 0.15) is 0 Å². The van der Waals surface area contributed by atoms with E-state index in [4.69, 9.17) is 9.88 Å². The molecule has 0 fully saturated rings. The molecule has 0 unspecified atom stereocenters. The molecule has 2 aromatic heterocycles. The van der Waals surface area contributed by atoms with Crippen molar-refractivity contribution >= 4 is 21.8 Å². The number of rotatable bonds is 7. The van der Waals surface area contributed by atoms with Gasteiger partial charge in [0.1, 0.15) is 5.75 Å². The largest absolute Gasteiger partial charge is 0.493 e. The van der Waals surface area contributed by atoms with Crippen molar-refractivity contribution < 1.29 is 13.2 Å². The van der Waals surface area contributed by atoms with Crippen molar-refractivity contribution in [3.63, 3.8) is 0 Å². The van der Waals surface area contributed by atoms with E-state index in [1.54, 1.807) is 24.5 Å². The summed E-state index contributed by atoms with van der Waals surface area (Å²) in [6.07, 6.45) is 3.43. The lowest BCUT2D eigenvalue weighted by atomic mass is 10.2.